The first kappa shape index (κ1) is 18.8. The van der Waals surface area contributed by atoms with E-state index in [-0.39, 0.29) is 11.7 Å². The highest BCUT2D eigenvalue weighted by Crippen LogP contribution is 2.28. The first-order valence-corrected chi connectivity index (χ1v) is 10.1. The molecule has 3 aromatic rings. The Hall–Kier alpha value is -2.51. The van der Waals surface area contributed by atoms with Gasteiger partial charge >= 0.3 is 0 Å². The van der Waals surface area contributed by atoms with Crippen LogP contribution in [-0.4, -0.2) is 46.6 Å². The summed E-state index contributed by atoms with van der Waals surface area (Å²) in [5.41, 5.74) is 3.45. The van der Waals surface area contributed by atoms with E-state index in [0.717, 1.165) is 35.9 Å². The van der Waals surface area contributed by atoms with Crippen molar-refractivity contribution in [1.82, 2.24) is 14.5 Å². The Labute approximate surface area is 171 Å². The minimum absolute atomic E-state index is 0.0863. The molecule has 8 heteroatoms. The largest absolute Gasteiger partial charge is 0.368 e. The third-order valence-electron chi connectivity index (χ3n) is 4.88. The van der Waals surface area contributed by atoms with Gasteiger partial charge < -0.3 is 9.80 Å². The molecule has 0 N–H and O–H groups in total. The Bertz CT molecular complexity index is 1000. The van der Waals surface area contributed by atoms with E-state index in [1.165, 1.54) is 12.1 Å². The number of anilines is 1. The van der Waals surface area contributed by atoms with Gasteiger partial charge in [0.25, 0.3) is 5.91 Å². The third-order valence-corrected chi connectivity index (χ3v) is 5.83. The van der Waals surface area contributed by atoms with Crippen LogP contribution in [0.15, 0.2) is 42.5 Å². The molecular weight excluding hydrogens is 399 g/mol. The number of aryl methyl sites for hydroxylation is 1. The van der Waals surface area contributed by atoms with Crippen LogP contribution in [-0.2, 0) is 0 Å². The molecule has 2 aromatic carbocycles. The number of benzene rings is 2. The van der Waals surface area contributed by atoms with E-state index >= 15 is 0 Å². The molecule has 0 spiro atoms. The van der Waals surface area contributed by atoms with Crippen molar-refractivity contribution in [3.8, 4) is 11.3 Å². The van der Waals surface area contributed by atoms with Gasteiger partial charge in [0.15, 0.2) is 0 Å². The second-order valence-electron chi connectivity index (χ2n) is 6.67. The van der Waals surface area contributed by atoms with Gasteiger partial charge in [0.1, 0.15) is 16.4 Å². The Balaban J connectivity index is 1.49. The second-order valence-corrected chi connectivity index (χ2v) is 7.86. The molecule has 0 radical (unpaired) electrons. The lowest BCUT2D eigenvalue weighted by Gasteiger charge is -2.36. The van der Waals surface area contributed by atoms with Gasteiger partial charge in [0.2, 0.25) is 0 Å². The smallest absolute Gasteiger partial charge is 0.268 e. The summed E-state index contributed by atoms with van der Waals surface area (Å²) in [6.45, 7) is 4.72. The molecule has 144 valence electrons. The molecule has 2 heterocycles. The number of rotatable bonds is 3. The summed E-state index contributed by atoms with van der Waals surface area (Å²) in [5, 5.41) is 4.80. The molecule has 1 amide bonds. The van der Waals surface area contributed by atoms with Crippen LogP contribution in [0.5, 0.6) is 0 Å². The highest BCUT2D eigenvalue weighted by molar-refractivity contribution is 7.08. The van der Waals surface area contributed by atoms with Crippen molar-refractivity contribution in [1.29, 1.82) is 0 Å². The molecule has 0 bridgehead atoms. The van der Waals surface area contributed by atoms with Crippen LogP contribution in [0.1, 0.15) is 15.2 Å². The van der Waals surface area contributed by atoms with Crippen LogP contribution >= 0.6 is 23.1 Å². The van der Waals surface area contributed by atoms with Gasteiger partial charge in [-0.25, -0.2) is 4.39 Å². The Kier molecular flexibility index (Phi) is 5.28. The van der Waals surface area contributed by atoms with Crippen LogP contribution in [0.3, 0.4) is 0 Å². The zero-order chi connectivity index (χ0) is 19.7. The average Bonchev–Trinajstić information content (AvgIpc) is 3.20. The van der Waals surface area contributed by atoms with Crippen LogP contribution in [0.4, 0.5) is 10.1 Å². The van der Waals surface area contributed by atoms with Crippen molar-refractivity contribution < 1.29 is 9.18 Å². The predicted molar refractivity (Wildman–Crippen MR) is 110 cm³/mol. The van der Waals surface area contributed by atoms with Gasteiger partial charge in [-0.3, -0.25) is 4.79 Å². The van der Waals surface area contributed by atoms with E-state index < -0.39 is 0 Å². The number of carbonyl (C=O) groups excluding carboxylic acids is 1. The van der Waals surface area contributed by atoms with E-state index in [2.05, 4.69) is 21.4 Å². The molecule has 0 saturated carbocycles. The number of aromatic nitrogens is 2. The molecule has 1 saturated heterocycles. The zero-order valence-corrected chi connectivity index (χ0v) is 16.8. The highest BCUT2D eigenvalue weighted by atomic mass is 35.5. The number of piperazine rings is 1. The molecule has 1 aliphatic heterocycles. The monoisotopic (exact) mass is 416 g/mol. The predicted octanol–water partition coefficient (Wildman–Crippen LogP) is 4.27. The summed E-state index contributed by atoms with van der Waals surface area (Å²) in [6, 6.07) is 11.8. The van der Waals surface area contributed by atoms with E-state index in [0.29, 0.717) is 34.2 Å². The summed E-state index contributed by atoms with van der Waals surface area (Å²) in [7, 11) is 0. The fourth-order valence-corrected chi connectivity index (χ4v) is 4.17. The zero-order valence-electron chi connectivity index (χ0n) is 15.2. The maximum atomic E-state index is 13.2. The van der Waals surface area contributed by atoms with Crippen LogP contribution < -0.4 is 4.90 Å². The van der Waals surface area contributed by atoms with Crippen molar-refractivity contribution in [3.05, 3.63) is 63.7 Å². The molecule has 5 nitrogen and oxygen atoms in total. The average molecular weight is 417 g/mol. The van der Waals surface area contributed by atoms with E-state index in [1.807, 2.05) is 23.1 Å². The quantitative estimate of drug-likeness (QED) is 0.639. The number of hydrogen-bond donors (Lipinski definition) is 0. The number of carbonyl (C=O) groups is 1. The summed E-state index contributed by atoms with van der Waals surface area (Å²) >= 11 is 7.22. The van der Waals surface area contributed by atoms with E-state index in [1.54, 1.807) is 12.1 Å². The standard InChI is InChI=1S/C20H18ClFN4OS/c1-13-2-5-15(21)12-17(13)25-8-10-26(11-9-25)20(27)19-18(23-24-28-19)14-3-6-16(22)7-4-14/h2-7,12H,8-11H2,1H3. The van der Waals surface area contributed by atoms with Crippen molar-refractivity contribution in [2.75, 3.05) is 31.1 Å². The van der Waals surface area contributed by atoms with Gasteiger partial charge in [0.05, 0.1) is 0 Å². The molecule has 28 heavy (non-hydrogen) atoms. The molecule has 1 fully saturated rings. The molecule has 0 aliphatic carbocycles. The lowest BCUT2D eigenvalue weighted by Crippen LogP contribution is -2.49. The Morgan fingerprint density at radius 3 is 2.54 bits per heavy atom. The topological polar surface area (TPSA) is 49.3 Å². The van der Waals surface area contributed by atoms with E-state index in [4.69, 9.17) is 11.6 Å². The highest BCUT2D eigenvalue weighted by Gasteiger charge is 2.27. The summed E-state index contributed by atoms with van der Waals surface area (Å²) < 4.78 is 17.1. The van der Waals surface area contributed by atoms with Crippen LogP contribution in [0.2, 0.25) is 5.02 Å². The van der Waals surface area contributed by atoms with Gasteiger partial charge in [-0.15, -0.1) is 5.10 Å². The number of nitrogens with zero attached hydrogens (tertiary/aromatic N) is 4. The van der Waals surface area contributed by atoms with Crippen molar-refractivity contribution >= 4 is 34.7 Å². The summed E-state index contributed by atoms with van der Waals surface area (Å²) in [4.78, 5) is 17.6. The second kappa shape index (κ2) is 7.85. The lowest BCUT2D eigenvalue weighted by atomic mass is 10.1. The van der Waals surface area contributed by atoms with Crippen LogP contribution in [0.25, 0.3) is 11.3 Å². The van der Waals surface area contributed by atoms with Gasteiger partial charge in [-0.2, -0.15) is 0 Å². The van der Waals surface area contributed by atoms with Crippen molar-refractivity contribution in [2.45, 2.75) is 6.92 Å². The summed E-state index contributed by atoms with van der Waals surface area (Å²) in [6.07, 6.45) is 0. The molecular formula is C20H18ClFN4OS. The summed E-state index contributed by atoms with van der Waals surface area (Å²) in [5.74, 6) is -0.413. The van der Waals surface area contributed by atoms with Crippen molar-refractivity contribution in [3.63, 3.8) is 0 Å². The third kappa shape index (κ3) is 3.72. The molecule has 1 aromatic heterocycles. The fraction of sp³-hybridized carbons (Fsp3) is 0.250. The minimum Gasteiger partial charge on any atom is -0.368 e. The fourth-order valence-electron chi connectivity index (χ4n) is 3.34. The minimum atomic E-state index is -0.327. The first-order chi connectivity index (χ1) is 13.5. The normalized spacial score (nSPS) is 14.4. The number of halogens is 2. The first-order valence-electron chi connectivity index (χ1n) is 8.91. The number of amides is 1. The van der Waals surface area contributed by atoms with E-state index in [9.17, 15) is 9.18 Å². The molecule has 0 unspecified atom stereocenters. The molecule has 4 rings (SSSR count). The molecule has 1 aliphatic rings. The molecule has 0 atom stereocenters. The Morgan fingerprint density at radius 2 is 1.82 bits per heavy atom. The van der Waals surface area contributed by atoms with Crippen molar-refractivity contribution in [2.24, 2.45) is 0 Å². The lowest BCUT2D eigenvalue weighted by molar-refractivity contribution is 0.0752. The maximum absolute atomic E-state index is 13.2. The maximum Gasteiger partial charge on any atom is 0.268 e. The van der Waals surface area contributed by atoms with Gasteiger partial charge in [-0.1, -0.05) is 22.2 Å². The number of hydrogen-bond acceptors (Lipinski definition) is 5. The van der Waals surface area contributed by atoms with Crippen LogP contribution in [0, 0.1) is 12.7 Å². The Morgan fingerprint density at radius 1 is 1.11 bits per heavy atom. The SMILES string of the molecule is Cc1ccc(Cl)cc1N1CCN(C(=O)c2snnc2-c2ccc(F)cc2)CC1. The van der Waals surface area contributed by atoms with Gasteiger partial charge in [0, 0.05) is 42.5 Å². The van der Waals surface area contributed by atoms with Gasteiger partial charge in [-0.05, 0) is 60.4 Å².